The van der Waals surface area contributed by atoms with Crippen molar-refractivity contribution in [2.45, 2.75) is 13.5 Å². The second kappa shape index (κ2) is 5.52. The second-order valence-electron chi connectivity index (χ2n) is 4.33. The minimum Gasteiger partial charge on any atom is -0.478 e. The van der Waals surface area contributed by atoms with Crippen molar-refractivity contribution in [2.24, 2.45) is 0 Å². The van der Waals surface area contributed by atoms with E-state index in [4.69, 9.17) is 5.11 Å². The molecule has 0 unspecified atom stereocenters. The summed E-state index contributed by atoms with van der Waals surface area (Å²) in [6, 6.07) is 11.7. The van der Waals surface area contributed by atoms with E-state index in [-0.39, 0.29) is 5.56 Å². The number of halogens is 1. The Labute approximate surface area is 110 Å². The lowest BCUT2D eigenvalue weighted by molar-refractivity contribution is 0.0696. The number of carboxylic acids is 1. The average Bonchev–Trinajstić information content (AvgIpc) is 2.39. The number of nitrogens with one attached hydrogen (secondary N) is 1. The average molecular weight is 259 g/mol. The molecule has 0 heterocycles. The third kappa shape index (κ3) is 3.31. The van der Waals surface area contributed by atoms with Crippen molar-refractivity contribution in [1.82, 2.24) is 0 Å². The maximum absolute atomic E-state index is 13.7. The molecule has 4 heteroatoms. The molecule has 0 saturated heterocycles. The molecule has 0 aliphatic rings. The molecule has 0 amide bonds. The standard InChI is InChI=1S/C15H14FNO2/c1-10-2-6-13(7-3-10)17-9-12-5-4-11(15(18)19)8-14(12)16/h2-8,17H,9H2,1H3,(H,18,19). The highest BCUT2D eigenvalue weighted by atomic mass is 19.1. The van der Waals surface area contributed by atoms with Crippen LogP contribution in [0.4, 0.5) is 10.1 Å². The SMILES string of the molecule is Cc1ccc(NCc2ccc(C(=O)O)cc2F)cc1. The fraction of sp³-hybridized carbons (Fsp3) is 0.133. The van der Waals surface area contributed by atoms with Crippen LogP contribution in [0, 0.1) is 12.7 Å². The van der Waals surface area contributed by atoms with Crippen molar-refractivity contribution in [3.05, 3.63) is 65.0 Å². The van der Waals surface area contributed by atoms with Crippen molar-refractivity contribution < 1.29 is 14.3 Å². The van der Waals surface area contributed by atoms with Gasteiger partial charge >= 0.3 is 5.97 Å². The number of aromatic carboxylic acids is 1. The van der Waals surface area contributed by atoms with Crippen LogP contribution in [0.25, 0.3) is 0 Å². The molecule has 19 heavy (non-hydrogen) atoms. The fourth-order valence-corrected chi connectivity index (χ4v) is 1.69. The first kappa shape index (κ1) is 13.1. The molecule has 0 saturated carbocycles. The number of carboxylic acid groups (broad SMARTS) is 1. The minimum absolute atomic E-state index is 0.0448. The Morgan fingerprint density at radius 1 is 1.21 bits per heavy atom. The van der Waals surface area contributed by atoms with Crippen LogP contribution < -0.4 is 5.32 Å². The van der Waals surface area contributed by atoms with Crippen LogP contribution in [0.15, 0.2) is 42.5 Å². The molecule has 0 aliphatic heterocycles. The number of hydrogen-bond donors (Lipinski definition) is 2. The van der Waals surface area contributed by atoms with Gasteiger partial charge in [-0.05, 0) is 31.2 Å². The van der Waals surface area contributed by atoms with Crippen LogP contribution in [0.3, 0.4) is 0 Å². The molecule has 0 atom stereocenters. The molecule has 0 aliphatic carbocycles. The smallest absolute Gasteiger partial charge is 0.335 e. The van der Waals surface area contributed by atoms with E-state index in [1.165, 1.54) is 12.1 Å². The minimum atomic E-state index is -1.13. The first-order chi connectivity index (χ1) is 9.06. The molecular formula is C15H14FNO2. The summed E-state index contributed by atoms with van der Waals surface area (Å²) in [5.41, 5.74) is 2.44. The third-order valence-electron chi connectivity index (χ3n) is 2.83. The molecule has 0 bridgehead atoms. The molecule has 2 aromatic carbocycles. The summed E-state index contributed by atoms with van der Waals surface area (Å²) in [4.78, 5) is 10.7. The van der Waals surface area contributed by atoms with E-state index < -0.39 is 11.8 Å². The molecular weight excluding hydrogens is 245 g/mol. The predicted octanol–water partition coefficient (Wildman–Crippen LogP) is 3.44. The van der Waals surface area contributed by atoms with Gasteiger partial charge in [0.2, 0.25) is 0 Å². The van der Waals surface area contributed by atoms with Gasteiger partial charge in [-0.1, -0.05) is 23.8 Å². The summed E-state index contributed by atoms with van der Waals surface area (Å²) in [6.07, 6.45) is 0. The van der Waals surface area contributed by atoms with Gasteiger partial charge in [0.05, 0.1) is 5.56 Å². The number of aryl methyl sites for hydroxylation is 1. The molecule has 2 rings (SSSR count). The molecule has 98 valence electrons. The number of carbonyl (C=O) groups is 1. The first-order valence-electron chi connectivity index (χ1n) is 5.88. The number of rotatable bonds is 4. The van der Waals surface area contributed by atoms with E-state index in [0.717, 1.165) is 17.3 Å². The quantitative estimate of drug-likeness (QED) is 0.884. The predicted molar refractivity (Wildman–Crippen MR) is 71.9 cm³/mol. The highest BCUT2D eigenvalue weighted by Crippen LogP contribution is 2.14. The Kier molecular flexibility index (Phi) is 3.80. The Morgan fingerprint density at radius 3 is 2.47 bits per heavy atom. The van der Waals surface area contributed by atoms with Crippen molar-refractivity contribution in [3.8, 4) is 0 Å². The largest absolute Gasteiger partial charge is 0.478 e. The highest BCUT2D eigenvalue weighted by molar-refractivity contribution is 5.87. The topological polar surface area (TPSA) is 49.3 Å². The maximum atomic E-state index is 13.7. The summed E-state index contributed by atoms with van der Waals surface area (Å²) in [5, 5.41) is 11.8. The van der Waals surface area contributed by atoms with Gasteiger partial charge in [-0.3, -0.25) is 0 Å². The molecule has 0 spiro atoms. The molecule has 0 aromatic heterocycles. The molecule has 2 N–H and O–H groups in total. The van der Waals surface area contributed by atoms with Crippen LogP contribution >= 0.6 is 0 Å². The van der Waals surface area contributed by atoms with Gasteiger partial charge in [-0.15, -0.1) is 0 Å². The van der Waals surface area contributed by atoms with Gasteiger partial charge in [0.1, 0.15) is 5.82 Å². The molecule has 0 radical (unpaired) electrons. The Balaban J connectivity index is 2.07. The van der Waals surface area contributed by atoms with Crippen molar-refractivity contribution in [3.63, 3.8) is 0 Å². The Hall–Kier alpha value is -2.36. The van der Waals surface area contributed by atoms with Crippen molar-refractivity contribution in [1.29, 1.82) is 0 Å². The number of benzene rings is 2. The fourth-order valence-electron chi connectivity index (χ4n) is 1.69. The second-order valence-corrected chi connectivity index (χ2v) is 4.33. The summed E-state index contributed by atoms with van der Waals surface area (Å²) >= 11 is 0. The van der Waals surface area contributed by atoms with Gasteiger partial charge in [-0.25, -0.2) is 9.18 Å². The Morgan fingerprint density at radius 2 is 1.89 bits per heavy atom. The van der Waals surface area contributed by atoms with Crippen molar-refractivity contribution >= 4 is 11.7 Å². The van der Waals surface area contributed by atoms with Gasteiger partial charge < -0.3 is 10.4 Å². The van der Waals surface area contributed by atoms with E-state index in [0.29, 0.717) is 12.1 Å². The van der Waals surface area contributed by atoms with Gasteiger partial charge in [0.15, 0.2) is 0 Å². The maximum Gasteiger partial charge on any atom is 0.335 e. The zero-order valence-electron chi connectivity index (χ0n) is 10.5. The molecule has 0 fully saturated rings. The van der Waals surface area contributed by atoms with E-state index >= 15 is 0 Å². The Bertz CT molecular complexity index is 594. The first-order valence-corrected chi connectivity index (χ1v) is 5.88. The van der Waals surface area contributed by atoms with Crippen LogP contribution in [-0.2, 0) is 6.54 Å². The zero-order valence-corrected chi connectivity index (χ0v) is 10.5. The zero-order chi connectivity index (χ0) is 13.8. The van der Waals surface area contributed by atoms with Crippen LogP contribution in [0.2, 0.25) is 0 Å². The van der Waals surface area contributed by atoms with E-state index in [9.17, 15) is 9.18 Å². The lowest BCUT2D eigenvalue weighted by Gasteiger charge is -2.08. The summed E-state index contributed by atoms with van der Waals surface area (Å²) < 4.78 is 13.7. The third-order valence-corrected chi connectivity index (χ3v) is 2.83. The number of anilines is 1. The summed E-state index contributed by atoms with van der Waals surface area (Å²) in [5.74, 6) is -1.64. The highest BCUT2D eigenvalue weighted by Gasteiger charge is 2.07. The van der Waals surface area contributed by atoms with E-state index in [1.807, 2.05) is 31.2 Å². The van der Waals surface area contributed by atoms with Crippen LogP contribution in [-0.4, -0.2) is 11.1 Å². The lowest BCUT2D eigenvalue weighted by Crippen LogP contribution is -2.04. The van der Waals surface area contributed by atoms with Gasteiger partial charge in [0, 0.05) is 17.8 Å². The number of hydrogen-bond acceptors (Lipinski definition) is 2. The van der Waals surface area contributed by atoms with E-state index in [1.54, 1.807) is 0 Å². The van der Waals surface area contributed by atoms with Gasteiger partial charge in [0.25, 0.3) is 0 Å². The van der Waals surface area contributed by atoms with Crippen LogP contribution in [0.1, 0.15) is 21.5 Å². The van der Waals surface area contributed by atoms with Gasteiger partial charge in [-0.2, -0.15) is 0 Å². The summed E-state index contributed by atoms with van der Waals surface area (Å²) in [7, 11) is 0. The lowest BCUT2D eigenvalue weighted by atomic mass is 10.1. The van der Waals surface area contributed by atoms with E-state index in [2.05, 4.69) is 5.32 Å². The summed E-state index contributed by atoms with van der Waals surface area (Å²) in [6.45, 7) is 2.31. The normalized spacial score (nSPS) is 10.2. The van der Waals surface area contributed by atoms with Crippen molar-refractivity contribution in [2.75, 3.05) is 5.32 Å². The molecule has 3 nitrogen and oxygen atoms in total. The molecule has 2 aromatic rings. The van der Waals surface area contributed by atoms with Crippen LogP contribution in [0.5, 0.6) is 0 Å². The monoisotopic (exact) mass is 259 g/mol.